The predicted molar refractivity (Wildman–Crippen MR) is 330 cm³/mol. The van der Waals surface area contributed by atoms with Gasteiger partial charge in [-0.1, -0.05) is 128 Å². The van der Waals surface area contributed by atoms with Crippen LogP contribution in [-0.4, -0.2) is 71.3 Å². The number of Topliss-reactive ketones (excluding diaryl/α,β-unsaturated/α-hetero) is 5. The number of benzene rings is 8. The summed E-state index contributed by atoms with van der Waals surface area (Å²) in [6, 6.07) is 55.1. The third kappa shape index (κ3) is 9.14. The Labute approximate surface area is 494 Å². The predicted octanol–water partition coefficient (Wildman–Crippen LogP) is 16.0. The lowest BCUT2D eigenvalue weighted by Crippen LogP contribution is -2.11. The summed E-state index contributed by atoms with van der Waals surface area (Å²) >= 11 is 11.0. The Morgan fingerprint density at radius 3 is 1.39 bits per heavy atom. The average molecular weight is 1260 g/mol. The number of H-pyrrole nitrogens is 2. The number of nitrogens with zero attached hydrogens (tertiary/aromatic N) is 3. The Morgan fingerprint density at radius 2 is 0.817 bits per heavy atom. The van der Waals surface area contributed by atoms with Crippen LogP contribution in [-0.2, 0) is 0 Å². The van der Waals surface area contributed by atoms with E-state index in [1.54, 1.807) is 54.6 Å². The minimum atomic E-state index is -0.191. The maximum absolute atomic E-state index is 12.5. The third-order valence-electron chi connectivity index (χ3n) is 13.8. The number of nitrogens with one attached hydrogen (secondary N) is 2. The lowest BCUT2D eigenvalue weighted by molar-refractivity contribution is 0.101. The molecule has 5 N–H and O–H groups in total. The number of aromatic amines is 2. The average Bonchev–Trinajstić information content (AvgIpc) is 4.47. The van der Waals surface area contributed by atoms with E-state index in [1.165, 1.54) is 34.9 Å². The molecule has 0 spiro atoms. The van der Waals surface area contributed by atoms with Crippen molar-refractivity contribution in [3.05, 3.63) is 245 Å². The molecule has 0 atom stereocenters. The lowest BCUT2D eigenvalue weighted by atomic mass is 10.1. The number of halogens is 2. The molecule has 396 valence electrons. The molecule has 16 rings (SSSR count). The number of carbonyl (C=O) groups excluding carboxylic acids is 5. The number of para-hydroxylation sites is 3. The fraction of sp³-hybridized carbons (Fsp3) is 0. The molecular formula is C64H35Br2N5O8S3. The third-order valence-corrected chi connectivity index (χ3v) is 18.4. The molecule has 0 fully saturated rings. The Morgan fingerprint density at radius 1 is 0.378 bits per heavy atom. The number of aromatic nitrogens is 2. The quantitative estimate of drug-likeness (QED) is 0.106. The Kier molecular flexibility index (Phi) is 13.5. The van der Waals surface area contributed by atoms with Gasteiger partial charge in [0.05, 0.1) is 42.8 Å². The van der Waals surface area contributed by atoms with E-state index >= 15 is 0 Å². The van der Waals surface area contributed by atoms with E-state index < -0.39 is 0 Å². The lowest BCUT2D eigenvalue weighted by Gasteiger charge is -1.98. The highest BCUT2D eigenvalue weighted by Crippen LogP contribution is 2.50. The first kappa shape index (κ1) is 52.3. The Balaban J connectivity index is 0.000000103. The molecule has 13 nitrogen and oxygen atoms in total. The van der Waals surface area contributed by atoms with Gasteiger partial charge in [0.2, 0.25) is 28.9 Å². The molecule has 18 heteroatoms. The number of carbonyl (C=O) groups is 5. The van der Waals surface area contributed by atoms with Crippen molar-refractivity contribution in [2.75, 3.05) is 0 Å². The van der Waals surface area contributed by atoms with Gasteiger partial charge in [-0.3, -0.25) is 24.0 Å². The summed E-state index contributed by atoms with van der Waals surface area (Å²) in [5.41, 5.74) is 8.12. The van der Waals surface area contributed by atoms with Crippen LogP contribution in [0.2, 0.25) is 0 Å². The van der Waals surface area contributed by atoms with Gasteiger partial charge in [0, 0.05) is 67.4 Å². The van der Waals surface area contributed by atoms with E-state index in [0.29, 0.717) is 87.4 Å². The summed E-state index contributed by atoms with van der Waals surface area (Å²) in [5.74, 6) is -0.288. The number of thioether (sulfide) groups is 2. The molecule has 5 aliphatic rings. The summed E-state index contributed by atoms with van der Waals surface area (Å²) in [5, 5.41) is 33.1. The number of rotatable bonds is 3. The van der Waals surface area contributed by atoms with Crippen molar-refractivity contribution >= 4 is 162 Å². The van der Waals surface area contributed by atoms with Crippen LogP contribution >= 0.6 is 66.7 Å². The second kappa shape index (κ2) is 21.1. The van der Waals surface area contributed by atoms with Gasteiger partial charge in [0.1, 0.15) is 34.3 Å². The van der Waals surface area contributed by atoms with Crippen LogP contribution in [0.25, 0.3) is 31.9 Å². The van der Waals surface area contributed by atoms with E-state index in [-0.39, 0.29) is 57.6 Å². The van der Waals surface area contributed by atoms with E-state index in [0.717, 1.165) is 39.9 Å². The molecule has 0 radical (unpaired) electrons. The van der Waals surface area contributed by atoms with Gasteiger partial charge in [0.25, 0.3) is 0 Å². The van der Waals surface area contributed by atoms with Gasteiger partial charge in [-0.05, 0) is 109 Å². The van der Waals surface area contributed by atoms with Gasteiger partial charge >= 0.3 is 0 Å². The second-order valence-electron chi connectivity index (χ2n) is 18.8. The molecule has 8 heterocycles. The summed E-state index contributed by atoms with van der Waals surface area (Å²) in [6.45, 7) is 0. The first-order valence-corrected chi connectivity index (χ1v) is 29.1. The fourth-order valence-corrected chi connectivity index (χ4v) is 14.0. The maximum Gasteiger partial charge on any atom is 0.215 e. The number of allylic oxidation sites excluding steroid dienone is 2. The van der Waals surface area contributed by atoms with Crippen LogP contribution < -0.4 is 0 Å². The number of aromatic hydroxyl groups is 3. The SMILES string of the molecule is O=C1/C(=C2\Sc3ccccc3C2=O)Sc2ccccc21.O=C1C(c2[nH]c3cc(Br)ccc3c2O)=Nc2cc(Br)ccc21.O=C1C(c2[nH]c3ccccc3c2O)=Nc2ccccc21.O=C1C(c2sc3ccccc3c2O)=Nc2ccccc21. The molecule has 11 aromatic rings. The van der Waals surface area contributed by atoms with Gasteiger partial charge in [-0.25, -0.2) is 15.0 Å². The molecule has 0 aliphatic carbocycles. The molecule has 82 heavy (non-hydrogen) atoms. The summed E-state index contributed by atoms with van der Waals surface area (Å²) in [6.07, 6.45) is 0. The van der Waals surface area contributed by atoms with E-state index in [2.05, 4.69) is 56.8 Å². The highest BCUT2D eigenvalue weighted by atomic mass is 79.9. The summed E-state index contributed by atoms with van der Waals surface area (Å²) in [4.78, 5) is 84.9. The van der Waals surface area contributed by atoms with E-state index in [1.807, 2.05) is 127 Å². The van der Waals surface area contributed by atoms with Crippen molar-refractivity contribution < 1.29 is 39.3 Å². The van der Waals surface area contributed by atoms with Gasteiger partial charge < -0.3 is 25.3 Å². The Bertz CT molecular complexity index is 4560. The van der Waals surface area contributed by atoms with Crippen molar-refractivity contribution in [3.63, 3.8) is 0 Å². The fourth-order valence-electron chi connectivity index (χ4n) is 9.86. The van der Waals surface area contributed by atoms with Crippen LogP contribution in [0.5, 0.6) is 17.2 Å². The minimum Gasteiger partial charge on any atom is -0.506 e. The number of hydrogen-bond acceptors (Lipinski definition) is 14. The van der Waals surface area contributed by atoms with E-state index in [4.69, 9.17) is 0 Å². The van der Waals surface area contributed by atoms with Crippen LogP contribution in [0.3, 0.4) is 0 Å². The van der Waals surface area contributed by atoms with Gasteiger partial charge in [-0.15, -0.1) is 11.3 Å². The molecule has 0 unspecified atom stereocenters. The highest BCUT2D eigenvalue weighted by Gasteiger charge is 2.36. The number of fused-ring (bicyclic) bond motifs is 8. The zero-order chi connectivity index (χ0) is 56.5. The summed E-state index contributed by atoms with van der Waals surface area (Å²) < 4.78 is 2.69. The van der Waals surface area contributed by atoms with Crippen LogP contribution in [0.1, 0.15) is 68.1 Å². The smallest absolute Gasteiger partial charge is 0.215 e. The maximum atomic E-state index is 12.5. The molecular weight excluding hydrogens is 1220 g/mol. The van der Waals surface area contributed by atoms with E-state index in [9.17, 15) is 39.3 Å². The largest absolute Gasteiger partial charge is 0.506 e. The molecule has 5 aliphatic heterocycles. The van der Waals surface area contributed by atoms with Crippen molar-refractivity contribution in [1.29, 1.82) is 0 Å². The molecule has 0 bridgehead atoms. The molecule has 3 aromatic heterocycles. The second-order valence-corrected chi connectivity index (χ2v) is 23.8. The highest BCUT2D eigenvalue weighted by molar-refractivity contribution is 9.10. The molecule has 0 saturated carbocycles. The minimum absolute atomic E-state index is 0.0331. The normalized spacial score (nSPS) is 15.2. The monoisotopic (exact) mass is 1260 g/mol. The van der Waals surface area contributed by atoms with Crippen molar-refractivity contribution in [1.82, 2.24) is 9.97 Å². The first-order valence-electron chi connectivity index (χ1n) is 25.1. The van der Waals surface area contributed by atoms with Gasteiger partial charge in [0.15, 0.2) is 11.5 Å². The van der Waals surface area contributed by atoms with Gasteiger partial charge in [-0.2, -0.15) is 0 Å². The number of ketones is 5. The molecule has 0 amide bonds. The van der Waals surface area contributed by atoms with Crippen LogP contribution in [0.15, 0.2) is 226 Å². The topological polar surface area (TPSA) is 215 Å². The molecule has 0 saturated heterocycles. The van der Waals surface area contributed by atoms with Crippen LogP contribution in [0, 0.1) is 0 Å². The number of thiophene rings is 1. The standard InChI is InChI=1S/C16H8Br2N2O2.C16H10N2O2.C16H9NO2S.C16H8O2S2/c17-7-1-3-9-11(5-7)19-13(15(9)21)14-16(22)10-4-2-8(18)6-12(10)20-14;19-15-9-5-1-3-7-11(9)17-13(15)14-16(20)10-6-2-4-8-12(10)18-14;18-14-9-5-1-3-7-11(9)17-13(14)16-15(19)10-6-2-4-8-12(10)20-16;17-13-9-5-1-3-7-11(9)19-15(13)16-14(18)10-6-2-4-8-12(10)20-16/h1-6,19,21H;1-8,17,19H;1-8,19H;1-8H/b;;;16-15+. The zero-order valence-corrected chi connectivity index (χ0v) is 47.6. The first-order chi connectivity index (χ1) is 39.8. The Hall–Kier alpha value is -9.04. The molecule has 8 aromatic carbocycles. The van der Waals surface area contributed by atoms with Crippen molar-refractivity contribution in [3.8, 4) is 17.2 Å². The zero-order valence-electron chi connectivity index (χ0n) is 42.0. The van der Waals surface area contributed by atoms with Crippen LogP contribution in [0.4, 0.5) is 17.1 Å². The van der Waals surface area contributed by atoms with Crippen molar-refractivity contribution in [2.24, 2.45) is 15.0 Å². The number of hydrogen-bond donors (Lipinski definition) is 5. The summed E-state index contributed by atoms with van der Waals surface area (Å²) in [7, 11) is 0. The van der Waals surface area contributed by atoms with Crippen molar-refractivity contribution in [2.45, 2.75) is 9.79 Å². The number of aliphatic imine (C=N–C) groups is 3.